The van der Waals surface area contributed by atoms with E-state index in [2.05, 4.69) is 5.32 Å². The van der Waals surface area contributed by atoms with Crippen molar-refractivity contribution < 1.29 is 14.5 Å². The summed E-state index contributed by atoms with van der Waals surface area (Å²) in [4.78, 5) is 36.8. The van der Waals surface area contributed by atoms with Gasteiger partial charge >= 0.3 is 0 Å². The van der Waals surface area contributed by atoms with Gasteiger partial charge in [0.1, 0.15) is 0 Å². The zero-order valence-corrected chi connectivity index (χ0v) is 14.6. The standard InChI is InChI=1S/C20H19N3O4/c24-19-14-18(16-6-2-1-3-7-16)22(12-11-21-19)20(25)10-9-15-5-4-8-17(13-15)23(26)27/h1-10,13,18H,11-12,14H2,(H,21,24)/b10-9+/t18-/m1/s1. The summed E-state index contributed by atoms with van der Waals surface area (Å²) < 4.78 is 0. The van der Waals surface area contributed by atoms with Crippen LogP contribution in [0.25, 0.3) is 6.08 Å². The lowest BCUT2D eigenvalue weighted by Gasteiger charge is -2.28. The van der Waals surface area contributed by atoms with E-state index in [0.29, 0.717) is 18.7 Å². The highest BCUT2D eigenvalue weighted by Gasteiger charge is 2.28. The van der Waals surface area contributed by atoms with Crippen LogP contribution >= 0.6 is 0 Å². The fourth-order valence-corrected chi connectivity index (χ4v) is 3.07. The van der Waals surface area contributed by atoms with Gasteiger partial charge in [-0.15, -0.1) is 0 Å². The summed E-state index contributed by atoms with van der Waals surface area (Å²) in [6.07, 6.45) is 3.14. The predicted octanol–water partition coefficient (Wildman–Crippen LogP) is 2.70. The average molecular weight is 365 g/mol. The highest BCUT2D eigenvalue weighted by molar-refractivity contribution is 5.93. The highest BCUT2D eigenvalue weighted by atomic mass is 16.6. The van der Waals surface area contributed by atoms with E-state index < -0.39 is 4.92 Å². The second-order valence-electron chi connectivity index (χ2n) is 6.20. The van der Waals surface area contributed by atoms with E-state index >= 15 is 0 Å². The minimum Gasteiger partial charge on any atom is -0.354 e. The van der Waals surface area contributed by atoms with Crippen molar-refractivity contribution in [2.75, 3.05) is 13.1 Å². The Bertz CT molecular complexity index is 880. The molecule has 1 atom stereocenters. The Morgan fingerprint density at radius 2 is 1.96 bits per heavy atom. The first-order valence-electron chi connectivity index (χ1n) is 8.59. The molecule has 1 fully saturated rings. The second-order valence-corrected chi connectivity index (χ2v) is 6.20. The molecule has 0 aromatic heterocycles. The van der Waals surface area contributed by atoms with Crippen molar-refractivity contribution in [3.63, 3.8) is 0 Å². The molecule has 2 amide bonds. The van der Waals surface area contributed by atoms with Crippen molar-refractivity contribution >= 4 is 23.6 Å². The van der Waals surface area contributed by atoms with E-state index in [0.717, 1.165) is 5.56 Å². The molecule has 1 heterocycles. The third-order valence-corrected chi connectivity index (χ3v) is 4.40. The van der Waals surface area contributed by atoms with E-state index in [-0.39, 0.29) is 30.0 Å². The quantitative estimate of drug-likeness (QED) is 0.512. The van der Waals surface area contributed by atoms with Crippen LogP contribution in [0.5, 0.6) is 0 Å². The van der Waals surface area contributed by atoms with Crippen molar-refractivity contribution in [3.8, 4) is 0 Å². The van der Waals surface area contributed by atoms with Crippen molar-refractivity contribution in [1.82, 2.24) is 10.2 Å². The number of non-ortho nitro benzene ring substituents is 1. The van der Waals surface area contributed by atoms with Crippen LogP contribution in [0, 0.1) is 10.1 Å². The average Bonchev–Trinajstić information content (AvgIpc) is 2.88. The zero-order valence-electron chi connectivity index (χ0n) is 14.6. The van der Waals surface area contributed by atoms with Gasteiger partial charge in [-0.3, -0.25) is 19.7 Å². The van der Waals surface area contributed by atoms with Crippen LogP contribution in [0.15, 0.2) is 60.7 Å². The summed E-state index contributed by atoms with van der Waals surface area (Å²) in [5.41, 5.74) is 1.43. The molecule has 0 radical (unpaired) electrons. The molecule has 1 saturated heterocycles. The fourth-order valence-electron chi connectivity index (χ4n) is 3.07. The van der Waals surface area contributed by atoms with Crippen LogP contribution in [0.1, 0.15) is 23.6 Å². The minimum atomic E-state index is -0.476. The Labute approximate surface area is 156 Å². The van der Waals surface area contributed by atoms with Crippen LogP contribution in [-0.4, -0.2) is 34.7 Å². The van der Waals surface area contributed by atoms with Gasteiger partial charge < -0.3 is 10.2 Å². The summed E-state index contributed by atoms with van der Waals surface area (Å²) >= 11 is 0. The Hall–Kier alpha value is -3.48. The van der Waals surface area contributed by atoms with Gasteiger partial charge in [-0.05, 0) is 17.2 Å². The van der Waals surface area contributed by atoms with Gasteiger partial charge in [0, 0.05) is 31.3 Å². The molecule has 0 aliphatic carbocycles. The summed E-state index contributed by atoms with van der Waals surface area (Å²) in [5.74, 6) is -0.339. The molecule has 0 spiro atoms. The Morgan fingerprint density at radius 3 is 2.70 bits per heavy atom. The number of nitrogens with zero attached hydrogens (tertiary/aromatic N) is 2. The van der Waals surface area contributed by atoms with Gasteiger partial charge in [-0.2, -0.15) is 0 Å². The Kier molecular flexibility index (Phi) is 5.61. The van der Waals surface area contributed by atoms with Gasteiger partial charge in [-0.1, -0.05) is 42.5 Å². The number of nitrogens with one attached hydrogen (secondary N) is 1. The van der Waals surface area contributed by atoms with Crippen molar-refractivity contribution in [3.05, 3.63) is 81.9 Å². The molecule has 0 unspecified atom stereocenters. The second kappa shape index (κ2) is 8.27. The van der Waals surface area contributed by atoms with E-state index in [4.69, 9.17) is 0 Å². The number of carbonyl (C=O) groups excluding carboxylic acids is 2. The van der Waals surface area contributed by atoms with Crippen LogP contribution in [0.4, 0.5) is 5.69 Å². The van der Waals surface area contributed by atoms with Crippen molar-refractivity contribution in [2.24, 2.45) is 0 Å². The number of nitro groups is 1. The number of amides is 2. The molecule has 0 saturated carbocycles. The van der Waals surface area contributed by atoms with Crippen molar-refractivity contribution in [1.29, 1.82) is 0 Å². The number of hydrogen-bond acceptors (Lipinski definition) is 4. The summed E-state index contributed by atoms with van der Waals surface area (Å²) in [6, 6.07) is 15.1. The molecule has 2 aromatic carbocycles. The number of nitro benzene ring substituents is 1. The topological polar surface area (TPSA) is 92.5 Å². The molecular formula is C20H19N3O4. The Balaban J connectivity index is 1.83. The molecule has 1 N–H and O–H groups in total. The molecule has 138 valence electrons. The fraction of sp³-hybridized carbons (Fsp3) is 0.200. The first kappa shape index (κ1) is 18.3. The highest BCUT2D eigenvalue weighted by Crippen LogP contribution is 2.26. The van der Waals surface area contributed by atoms with Gasteiger partial charge in [0.2, 0.25) is 11.8 Å². The number of hydrogen-bond donors (Lipinski definition) is 1. The predicted molar refractivity (Wildman–Crippen MR) is 101 cm³/mol. The smallest absolute Gasteiger partial charge is 0.270 e. The maximum absolute atomic E-state index is 12.8. The molecular weight excluding hydrogens is 346 g/mol. The number of carbonyl (C=O) groups is 2. The van der Waals surface area contributed by atoms with E-state index in [1.807, 2.05) is 30.3 Å². The lowest BCUT2D eigenvalue weighted by molar-refractivity contribution is -0.384. The van der Waals surface area contributed by atoms with Gasteiger partial charge in [0.15, 0.2) is 0 Å². The van der Waals surface area contributed by atoms with Crippen LogP contribution < -0.4 is 5.32 Å². The lowest BCUT2D eigenvalue weighted by atomic mass is 10.0. The maximum atomic E-state index is 12.8. The number of benzene rings is 2. The summed E-state index contributed by atoms with van der Waals surface area (Å²) in [6.45, 7) is 0.780. The van der Waals surface area contributed by atoms with E-state index in [1.165, 1.54) is 18.2 Å². The van der Waals surface area contributed by atoms with Crippen molar-refractivity contribution in [2.45, 2.75) is 12.5 Å². The van der Waals surface area contributed by atoms with Crippen LogP contribution in [-0.2, 0) is 9.59 Å². The summed E-state index contributed by atoms with van der Waals surface area (Å²) in [5, 5.41) is 13.7. The molecule has 2 aromatic rings. The largest absolute Gasteiger partial charge is 0.354 e. The first-order valence-corrected chi connectivity index (χ1v) is 8.59. The SMILES string of the molecule is O=C1C[C@H](c2ccccc2)N(C(=O)/C=C/c2cccc([N+](=O)[O-])c2)CCN1. The first-order chi connectivity index (χ1) is 13.0. The molecule has 7 heteroatoms. The maximum Gasteiger partial charge on any atom is 0.270 e. The third kappa shape index (κ3) is 4.58. The van der Waals surface area contributed by atoms with Gasteiger partial charge in [0.05, 0.1) is 17.4 Å². The van der Waals surface area contributed by atoms with Gasteiger partial charge in [0.25, 0.3) is 5.69 Å². The van der Waals surface area contributed by atoms with Crippen LogP contribution in [0.3, 0.4) is 0 Å². The third-order valence-electron chi connectivity index (χ3n) is 4.40. The monoisotopic (exact) mass is 365 g/mol. The molecule has 1 aliphatic rings. The summed E-state index contributed by atoms with van der Waals surface area (Å²) in [7, 11) is 0. The van der Waals surface area contributed by atoms with Crippen LogP contribution in [0.2, 0.25) is 0 Å². The van der Waals surface area contributed by atoms with Gasteiger partial charge in [-0.25, -0.2) is 0 Å². The van der Waals surface area contributed by atoms with E-state index in [1.54, 1.807) is 23.1 Å². The molecule has 3 rings (SSSR count). The molecule has 27 heavy (non-hydrogen) atoms. The Morgan fingerprint density at radius 1 is 1.19 bits per heavy atom. The molecule has 0 bridgehead atoms. The lowest BCUT2D eigenvalue weighted by Crippen LogP contribution is -2.35. The zero-order chi connectivity index (χ0) is 19.2. The minimum absolute atomic E-state index is 0.0312. The molecule has 7 nitrogen and oxygen atoms in total. The normalized spacial score (nSPS) is 17.4. The van der Waals surface area contributed by atoms with E-state index in [9.17, 15) is 19.7 Å². The molecule has 1 aliphatic heterocycles. The number of rotatable bonds is 4.